The number of nitrogens with zero attached hydrogens (tertiary/aromatic N) is 1. The average molecular weight is 288 g/mol. The molecular weight excluding hydrogens is 265 g/mol. The van der Waals surface area contributed by atoms with Crippen molar-refractivity contribution in [1.82, 2.24) is 4.90 Å². The monoisotopic (exact) mass is 288 g/mol. The molecule has 0 fully saturated rings. The van der Waals surface area contributed by atoms with Crippen molar-refractivity contribution < 1.29 is 13.2 Å². The van der Waals surface area contributed by atoms with Crippen LogP contribution in [0.1, 0.15) is 43.9 Å². The highest BCUT2D eigenvalue weighted by Gasteiger charge is 2.30. The Morgan fingerprint density at radius 3 is 1.95 bits per heavy atom. The number of alkyl halides is 3. The number of halogens is 3. The molecule has 2 N–H and O–H groups in total. The SMILES string of the molecule is CCC(CC)N(C)C(CN)c1ccc(C(F)(F)F)cc1. The molecule has 2 nitrogen and oxygen atoms in total. The molecule has 0 amide bonds. The molecule has 114 valence electrons. The molecule has 1 aromatic carbocycles. The van der Waals surface area contributed by atoms with Gasteiger partial charge < -0.3 is 5.73 Å². The van der Waals surface area contributed by atoms with Crippen molar-refractivity contribution in [2.45, 2.75) is 44.9 Å². The maximum atomic E-state index is 12.6. The minimum absolute atomic E-state index is 0.0535. The van der Waals surface area contributed by atoms with Crippen molar-refractivity contribution in [3.63, 3.8) is 0 Å². The molecule has 1 unspecified atom stereocenters. The molecule has 0 aliphatic rings. The highest BCUT2D eigenvalue weighted by molar-refractivity contribution is 5.27. The molecular formula is C15H23F3N2. The molecule has 0 radical (unpaired) electrons. The predicted octanol–water partition coefficient (Wildman–Crippen LogP) is 3.83. The molecule has 0 saturated carbocycles. The summed E-state index contributed by atoms with van der Waals surface area (Å²) in [6.07, 6.45) is -2.31. The van der Waals surface area contributed by atoms with E-state index >= 15 is 0 Å². The molecule has 0 saturated heterocycles. The zero-order valence-corrected chi connectivity index (χ0v) is 12.2. The van der Waals surface area contributed by atoms with Crippen LogP contribution < -0.4 is 5.73 Å². The Morgan fingerprint density at radius 1 is 1.10 bits per heavy atom. The molecule has 1 atom stereocenters. The Bertz CT molecular complexity index is 397. The smallest absolute Gasteiger partial charge is 0.329 e. The lowest BCUT2D eigenvalue weighted by Crippen LogP contribution is -2.38. The van der Waals surface area contributed by atoms with Crippen LogP contribution in [-0.2, 0) is 6.18 Å². The van der Waals surface area contributed by atoms with E-state index in [2.05, 4.69) is 18.7 Å². The van der Waals surface area contributed by atoms with E-state index in [1.54, 1.807) is 0 Å². The maximum Gasteiger partial charge on any atom is 0.416 e. The fraction of sp³-hybridized carbons (Fsp3) is 0.600. The van der Waals surface area contributed by atoms with Gasteiger partial charge in [0.1, 0.15) is 0 Å². The molecule has 0 bridgehead atoms. The van der Waals surface area contributed by atoms with Gasteiger partial charge in [-0.05, 0) is 37.6 Å². The molecule has 0 aromatic heterocycles. The molecule has 0 heterocycles. The Kier molecular flexibility index (Phi) is 6.02. The number of likely N-dealkylation sites (N-methyl/N-ethyl adjacent to an activating group) is 1. The van der Waals surface area contributed by atoms with Crippen LogP contribution in [0.4, 0.5) is 13.2 Å². The number of nitrogens with two attached hydrogens (primary N) is 1. The van der Waals surface area contributed by atoms with Crippen LogP contribution in [0.5, 0.6) is 0 Å². The molecule has 0 spiro atoms. The van der Waals surface area contributed by atoms with E-state index < -0.39 is 11.7 Å². The fourth-order valence-corrected chi connectivity index (χ4v) is 2.55. The number of benzene rings is 1. The second-order valence-corrected chi connectivity index (χ2v) is 5.01. The third-order valence-corrected chi connectivity index (χ3v) is 3.86. The van der Waals surface area contributed by atoms with Gasteiger partial charge in [0.15, 0.2) is 0 Å². The number of rotatable bonds is 6. The minimum atomic E-state index is -4.29. The van der Waals surface area contributed by atoms with E-state index in [1.807, 2.05) is 7.05 Å². The van der Waals surface area contributed by atoms with Gasteiger partial charge in [-0.2, -0.15) is 13.2 Å². The molecule has 0 aliphatic heterocycles. The lowest BCUT2D eigenvalue weighted by molar-refractivity contribution is -0.137. The minimum Gasteiger partial charge on any atom is -0.329 e. The summed E-state index contributed by atoms with van der Waals surface area (Å²) >= 11 is 0. The van der Waals surface area contributed by atoms with E-state index in [-0.39, 0.29) is 6.04 Å². The van der Waals surface area contributed by atoms with Gasteiger partial charge in [0, 0.05) is 18.6 Å². The summed E-state index contributed by atoms with van der Waals surface area (Å²) in [6, 6.07) is 5.63. The van der Waals surface area contributed by atoms with Gasteiger partial charge in [-0.25, -0.2) is 0 Å². The highest BCUT2D eigenvalue weighted by atomic mass is 19.4. The number of hydrogen-bond donors (Lipinski definition) is 1. The molecule has 5 heteroatoms. The highest BCUT2D eigenvalue weighted by Crippen LogP contribution is 2.31. The first kappa shape index (κ1) is 17.0. The fourth-order valence-electron chi connectivity index (χ4n) is 2.55. The quantitative estimate of drug-likeness (QED) is 0.862. The van der Waals surface area contributed by atoms with E-state index in [0.29, 0.717) is 12.6 Å². The summed E-state index contributed by atoms with van der Waals surface area (Å²) in [7, 11) is 1.98. The van der Waals surface area contributed by atoms with E-state index in [0.717, 1.165) is 30.5 Å². The average Bonchev–Trinajstić information content (AvgIpc) is 2.40. The second-order valence-electron chi connectivity index (χ2n) is 5.01. The topological polar surface area (TPSA) is 29.3 Å². The maximum absolute atomic E-state index is 12.6. The van der Waals surface area contributed by atoms with Gasteiger partial charge in [0.25, 0.3) is 0 Å². The Balaban J connectivity index is 2.95. The van der Waals surface area contributed by atoms with Crippen molar-refractivity contribution in [3.8, 4) is 0 Å². The Labute approximate surface area is 118 Å². The van der Waals surface area contributed by atoms with Gasteiger partial charge in [-0.1, -0.05) is 26.0 Å². The Morgan fingerprint density at radius 2 is 1.60 bits per heavy atom. The van der Waals surface area contributed by atoms with Crippen LogP contribution in [-0.4, -0.2) is 24.5 Å². The zero-order chi connectivity index (χ0) is 15.3. The first-order valence-corrected chi connectivity index (χ1v) is 6.94. The summed E-state index contributed by atoms with van der Waals surface area (Å²) in [4.78, 5) is 2.16. The predicted molar refractivity (Wildman–Crippen MR) is 75.4 cm³/mol. The van der Waals surface area contributed by atoms with Gasteiger partial charge in [0.05, 0.1) is 5.56 Å². The van der Waals surface area contributed by atoms with E-state index in [4.69, 9.17) is 5.73 Å². The lowest BCUT2D eigenvalue weighted by Gasteiger charge is -2.34. The third kappa shape index (κ3) is 3.96. The largest absolute Gasteiger partial charge is 0.416 e. The Hall–Kier alpha value is -1.07. The molecule has 0 aliphatic carbocycles. The van der Waals surface area contributed by atoms with Crippen molar-refractivity contribution in [2.75, 3.05) is 13.6 Å². The van der Waals surface area contributed by atoms with Crippen LogP contribution in [0.2, 0.25) is 0 Å². The van der Waals surface area contributed by atoms with Crippen molar-refractivity contribution in [2.24, 2.45) is 5.73 Å². The van der Waals surface area contributed by atoms with Gasteiger partial charge in [-0.15, -0.1) is 0 Å². The van der Waals surface area contributed by atoms with Crippen LogP contribution in [0.25, 0.3) is 0 Å². The number of hydrogen-bond acceptors (Lipinski definition) is 2. The zero-order valence-electron chi connectivity index (χ0n) is 12.2. The summed E-state index contributed by atoms with van der Waals surface area (Å²) in [5, 5.41) is 0. The summed E-state index contributed by atoms with van der Waals surface area (Å²) < 4.78 is 37.7. The van der Waals surface area contributed by atoms with Crippen molar-refractivity contribution in [3.05, 3.63) is 35.4 Å². The lowest BCUT2D eigenvalue weighted by atomic mass is 10.0. The van der Waals surface area contributed by atoms with E-state index in [1.165, 1.54) is 12.1 Å². The van der Waals surface area contributed by atoms with Crippen LogP contribution >= 0.6 is 0 Å². The third-order valence-electron chi connectivity index (χ3n) is 3.86. The molecule has 1 aromatic rings. The second kappa shape index (κ2) is 7.09. The first-order valence-electron chi connectivity index (χ1n) is 6.94. The van der Waals surface area contributed by atoms with E-state index in [9.17, 15) is 13.2 Å². The van der Waals surface area contributed by atoms with Crippen LogP contribution in [0, 0.1) is 0 Å². The summed E-state index contributed by atoms with van der Waals surface area (Å²) in [5.74, 6) is 0. The molecule has 20 heavy (non-hydrogen) atoms. The van der Waals surface area contributed by atoms with Crippen molar-refractivity contribution in [1.29, 1.82) is 0 Å². The van der Waals surface area contributed by atoms with Crippen LogP contribution in [0.15, 0.2) is 24.3 Å². The standard InChI is InChI=1S/C15H23F3N2/c1-4-13(5-2)20(3)14(10-19)11-6-8-12(9-7-11)15(16,17)18/h6-9,13-14H,4-5,10,19H2,1-3H3. The van der Waals surface area contributed by atoms with Crippen molar-refractivity contribution >= 4 is 0 Å². The summed E-state index contributed by atoms with van der Waals surface area (Å²) in [5.41, 5.74) is 6.02. The van der Waals surface area contributed by atoms with Gasteiger partial charge >= 0.3 is 6.18 Å². The van der Waals surface area contributed by atoms with Gasteiger partial charge in [-0.3, -0.25) is 4.90 Å². The summed E-state index contributed by atoms with van der Waals surface area (Å²) in [6.45, 7) is 4.59. The normalized spacial score (nSPS) is 14.1. The van der Waals surface area contributed by atoms with Gasteiger partial charge in [0.2, 0.25) is 0 Å². The molecule has 1 rings (SSSR count). The first-order chi connectivity index (χ1) is 9.35. The van der Waals surface area contributed by atoms with Crippen LogP contribution in [0.3, 0.4) is 0 Å².